The van der Waals surface area contributed by atoms with Crippen molar-refractivity contribution in [3.8, 4) is 5.75 Å². The van der Waals surface area contributed by atoms with E-state index >= 15 is 0 Å². The summed E-state index contributed by atoms with van der Waals surface area (Å²) in [5, 5.41) is 15.6. The van der Waals surface area contributed by atoms with Gasteiger partial charge in [-0.2, -0.15) is 0 Å². The Morgan fingerprint density at radius 3 is 2.32 bits per heavy atom. The quantitative estimate of drug-likeness (QED) is 0.266. The molecule has 0 radical (unpaired) electrons. The fourth-order valence-corrected chi connectivity index (χ4v) is 3.94. The zero-order valence-electron chi connectivity index (χ0n) is 23.9. The summed E-state index contributed by atoms with van der Waals surface area (Å²) < 4.78 is 5.35. The first-order valence-electron chi connectivity index (χ1n) is 13.4. The molecular weight excluding hydrogens is 488 g/mol. The van der Waals surface area contributed by atoms with Crippen LogP contribution in [0.2, 0.25) is 0 Å². The largest absolute Gasteiger partial charge is 0.508 e. The lowest BCUT2D eigenvalue weighted by Gasteiger charge is -2.38. The number of unbranched alkanes of at least 4 members (excludes halogenated alkanes) is 2. The molecule has 3 atom stereocenters. The van der Waals surface area contributed by atoms with Gasteiger partial charge in [0.25, 0.3) is 0 Å². The number of benzene rings is 1. The highest BCUT2D eigenvalue weighted by Crippen LogP contribution is 2.29. The number of aromatic hydroxyl groups is 1. The summed E-state index contributed by atoms with van der Waals surface area (Å²) in [6.07, 6.45) is 2.25. The molecule has 3 unspecified atom stereocenters. The maximum Gasteiger partial charge on any atom is 0.408 e. The Balaban J connectivity index is 3.52. The van der Waals surface area contributed by atoms with E-state index in [4.69, 9.17) is 10.5 Å². The fourth-order valence-electron chi connectivity index (χ4n) is 3.94. The number of alkyl carbamates (subject to hydrolysis) is 1. The monoisotopic (exact) mass is 534 g/mol. The van der Waals surface area contributed by atoms with Crippen molar-refractivity contribution in [2.24, 2.45) is 5.73 Å². The highest BCUT2D eigenvalue weighted by Gasteiger charge is 2.38. The van der Waals surface area contributed by atoms with Crippen LogP contribution in [0.5, 0.6) is 5.75 Å². The standard InChI is InChI=1S/C28H46N4O6/c1-8-10-11-16-30-25(35)24(20-12-14-22(33)18(3)17-20)32(19(4)9-2)26(36)21(13-15-23(29)34)31-27(37)38-28(5,6)7/h12,14,17,19,21,24,33H,8-11,13,15-16H2,1-7H3,(H2,29,34)(H,30,35)(H,31,37). The number of nitrogens with zero attached hydrogens (tertiary/aromatic N) is 1. The molecule has 0 heterocycles. The minimum absolute atomic E-state index is 0.0558. The van der Waals surface area contributed by atoms with E-state index in [9.17, 15) is 24.3 Å². The highest BCUT2D eigenvalue weighted by molar-refractivity contribution is 5.92. The zero-order valence-corrected chi connectivity index (χ0v) is 23.9. The Kier molecular flexibility index (Phi) is 13.1. The van der Waals surface area contributed by atoms with Gasteiger partial charge in [-0.3, -0.25) is 14.4 Å². The molecule has 0 aliphatic rings. The van der Waals surface area contributed by atoms with E-state index in [0.29, 0.717) is 24.1 Å². The summed E-state index contributed by atoms with van der Waals surface area (Å²) in [5.74, 6) is -1.46. The number of phenols is 1. The average molecular weight is 535 g/mol. The Morgan fingerprint density at radius 1 is 1.13 bits per heavy atom. The lowest BCUT2D eigenvalue weighted by Crippen LogP contribution is -2.55. The Morgan fingerprint density at radius 2 is 1.79 bits per heavy atom. The molecule has 0 saturated carbocycles. The van der Waals surface area contributed by atoms with Crippen molar-refractivity contribution < 1.29 is 29.0 Å². The molecule has 10 nitrogen and oxygen atoms in total. The predicted molar refractivity (Wildman–Crippen MR) is 146 cm³/mol. The van der Waals surface area contributed by atoms with Gasteiger partial charge in [0.05, 0.1) is 0 Å². The summed E-state index contributed by atoms with van der Waals surface area (Å²) in [6, 6.07) is 2.19. The number of nitrogens with one attached hydrogen (secondary N) is 2. The molecule has 10 heteroatoms. The van der Waals surface area contributed by atoms with E-state index in [2.05, 4.69) is 17.6 Å². The van der Waals surface area contributed by atoms with E-state index in [1.165, 1.54) is 11.0 Å². The van der Waals surface area contributed by atoms with Crippen LogP contribution in [0.1, 0.15) is 97.2 Å². The number of hydrogen-bond donors (Lipinski definition) is 4. The number of primary amides is 1. The number of aryl methyl sites for hydroxylation is 1. The van der Waals surface area contributed by atoms with Crippen LogP contribution in [-0.4, -0.2) is 58.1 Å². The number of amides is 4. The van der Waals surface area contributed by atoms with Crippen LogP contribution in [-0.2, 0) is 19.1 Å². The molecule has 0 aliphatic carbocycles. The van der Waals surface area contributed by atoms with Crippen molar-refractivity contribution in [2.45, 2.75) is 111 Å². The molecule has 0 saturated heterocycles. The average Bonchev–Trinajstić information content (AvgIpc) is 2.82. The molecule has 5 N–H and O–H groups in total. The second kappa shape index (κ2) is 15.2. The minimum atomic E-state index is -1.15. The van der Waals surface area contributed by atoms with Gasteiger partial charge >= 0.3 is 6.09 Å². The lowest BCUT2D eigenvalue weighted by atomic mass is 9.97. The molecule has 0 aromatic heterocycles. The van der Waals surface area contributed by atoms with Gasteiger partial charge in [0.2, 0.25) is 17.7 Å². The number of hydrogen-bond acceptors (Lipinski definition) is 6. The highest BCUT2D eigenvalue weighted by atomic mass is 16.6. The molecule has 4 amide bonds. The molecular formula is C28H46N4O6. The lowest BCUT2D eigenvalue weighted by molar-refractivity contribution is -0.145. The van der Waals surface area contributed by atoms with Gasteiger partial charge in [-0.05, 0) is 77.1 Å². The Labute approximate surface area is 226 Å². The van der Waals surface area contributed by atoms with Crippen molar-refractivity contribution >= 4 is 23.8 Å². The third-order valence-corrected chi connectivity index (χ3v) is 6.13. The number of nitrogens with two attached hydrogens (primary N) is 1. The first-order chi connectivity index (χ1) is 17.7. The molecule has 1 aromatic rings. The van der Waals surface area contributed by atoms with Crippen molar-refractivity contribution in [2.75, 3.05) is 6.54 Å². The smallest absolute Gasteiger partial charge is 0.408 e. The molecule has 38 heavy (non-hydrogen) atoms. The van der Waals surface area contributed by atoms with Crippen molar-refractivity contribution in [3.05, 3.63) is 29.3 Å². The van der Waals surface area contributed by atoms with Crippen LogP contribution < -0.4 is 16.4 Å². The number of rotatable bonds is 14. The number of carbonyl (C=O) groups is 4. The van der Waals surface area contributed by atoms with E-state index in [1.54, 1.807) is 39.8 Å². The normalized spacial score (nSPS) is 13.7. The number of carbonyl (C=O) groups excluding carboxylic acids is 4. The molecule has 1 rings (SSSR count). The van der Waals surface area contributed by atoms with E-state index < -0.39 is 41.6 Å². The maximum absolute atomic E-state index is 14.1. The van der Waals surface area contributed by atoms with Gasteiger partial charge < -0.3 is 31.1 Å². The summed E-state index contributed by atoms with van der Waals surface area (Å²) in [6.45, 7) is 13.0. The molecule has 0 bridgehead atoms. The molecule has 0 aliphatic heterocycles. The maximum atomic E-state index is 14.1. The Hall–Kier alpha value is -3.30. The van der Waals surface area contributed by atoms with Gasteiger partial charge in [-0.25, -0.2) is 4.79 Å². The van der Waals surface area contributed by atoms with Crippen molar-refractivity contribution in [3.63, 3.8) is 0 Å². The molecule has 0 fully saturated rings. The Bertz CT molecular complexity index is 959. The van der Waals surface area contributed by atoms with Crippen LogP contribution in [0.4, 0.5) is 4.79 Å². The van der Waals surface area contributed by atoms with E-state index in [-0.39, 0.29) is 24.5 Å². The van der Waals surface area contributed by atoms with Crippen LogP contribution in [0.3, 0.4) is 0 Å². The third-order valence-electron chi connectivity index (χ3n) is 6.13. The SMILES string of the molecule is CCCCCNC(=O)C(c1ccc(O)c(C)c1)N(C(=O)C(CCC(N)=O)NC(=O)OC(C)(C)C)C(C)CC. The summed E-state index contributed by atoms with van der Waals surface area (Å²) in [7, 11) is 0. The number of ether oxygens (including phenoxy) is 1. The van der Waals surface area contributed by atoms with Gasteiger partial charge in [0.1, 0.15) is 23.4 Å². The minimum Gasteiger partial charge on any atom is -0.508 e. The van der Waals surface area contributed by atoms with Gasteiger partial charge in [-0.15, -0.1) is 0 Å². The van der Waals surface area contributed by atoms with Crippen molar-refractivity contribution in [1.82, 2.24) is 15.5 Å². The predicted octanol–water partition coefficient (Wildman–Crippen LogP) is 3.83. The van der Waals surface area contributed by atoms with Gasteiger partial charge in [0, 0.05) is 19.0 Å². The third kappa shape index (κ3) is 10.6. The molecule has 0 spiro atoms. The zero-order chi connectivity index (χ0) is 29.0. The first kappa shape index (κ1) is 32.7. The second-order valence-electron chi connectivity index (χ2n) is 10.7. The van der Waals surface area contributed by atoms with Crippen LogP contribution in [0.25, 0.3) is 0 Å². The number of phenolic OH excluding ortho intramolecular Hbond substituents is 1. The van der Waals surface area contributed by atoms with Crippen molar-refractivity contribution in [1.29, 1.82) is 0 Å². The molecule has 214 valence electrons. The fraction of sp³-hybridized carbons (Fsp3) is 0.643. The molecule has 1 aromatic carbocycles. The van der Waals surface area contributed by atoms with E-state index in [0.717, 1.165) is 19.3 Å². The van der Waals surface area contributed by atoms with Crippen LogP contribution >= 0.6 is 0 Å². The topological polar surface area (TPSA) is 151 Å². The summed E-state index contributed by atoms with van der Waals surface area (Å²) >= 11 is 0. The second-order valence-corrected chi connectivity index (χ2v) is 10.7. The van der Waals surface area contributed by atoms with Crippen LogP contribution in [0, 0.1) is 6.92 Å². The first-order valence-corrected chi connectivity index (χ1v) is 13.4. The van der Waals surface area contributed by atoms with E-state index in [1.807, 2.05) is 13.8 Å². The summed E-state index contributed by atoms with van der Waals surface area (Å²) in [4.78, 5) is 53.3. The van der Waals surface area contributed by atoms with Crippen LogP contribution in [0.15, 0.2) is 18.2 Å². The van der Waals surface area contributed by atoms with Gasteiger partial charge in [-0.1, -0.05) is 32.8 Å². The summed E-state index contributed by atoms with van der Waals surface area (Å²) in [5.41, 5.74) is 5.62. The van der Waals surface area contributed by atoms with Gasteiger partial charge in [0.15, 0.2) is 0 Å².